The van der Waals surface area contributed by atoms with Crippen LogP contribution in [0.4, 0.5) is 0 Å². The number of carbonyl (C=O) groups is 1. The van der Waals surface area contributed by atoms with Crippen LogP contribution in [0.5, 0.6) is 5.75 Å². The molecule has 30 heavy (non-hydrogen) atoms. The van der Waals surface area contributed by atoms with Crippen molar-refractivity contribution in [1.82, 2.24) is 10.0 Å². The summed E-state index contributed by atoms with van der Waals surface area (Å²) in [6.45, 7) is 2.51. The zero-order chi connectivity index (χ0) is 21.6. The van der Waals surface area contributed by atoms with Crippen LogP contribution in [0.25, 0.3) is 0 Å². The maximum Gasteiger partial charge on any atom is 0.252 e. The molecule has 7 heteroatoms. The number of ether oxygens (including phenoxy) is 1. The molecule has 1 amide bonds. The summed E-state index contributed by atoms with van der Waals surface area (Å²) in [7, 11) is -2.21. The standard InChI is InChI=1S/C23H24N2O4S/c1-3-29-20-13-9-18(10-14-20)22(17-7-5-4-6-8-17)25-23(26)19-11-15-21(16-12-19)30(27,28)24-2/h4-16,22,24H,3H2,1-2H3,(H,25,26). The summed E-state index contributed by atoms with van der Waals surface area (Å²) in [5, 5.41) is 3.04. The molecule has 156 valence electrons. The second-order valence-electron chi connectivity index (χ2n) is 6.55. The molecular weight excluding hydrogens is 400 g/mol. The summed E-state index contributed by atoms with van der Waals surface area (Å²) in [5.74, 6) is 0.465. The van der Waals surface area contributed by atoms with Crippen molar-refractivity contribution in [3.8, 4) is 5.75 Å². The lowest BCUT2D eigenvalue weighted by atomic mass is 9.98. The molecule has 0 aliphatic carbocycles. The molecule has 0 spiro atoms. The summed E-state index contributed by atoms with van der Waals surface area (Å²) >= 11 is 0. The van der Waals surface area contributed by atoms with Gasteiger partial charge in [0.1, 0.15) is 5.75 Å². The van der Waals surface area contributed by atoms with Gasteiger partial charge in [0.05, 0.1) is 17.5 Å². The maximum absolute atomic E-state index is 12.9. The van der Waals surface area contributed by atoms with Crippen LogP contribution in [0.3, 0.4) is 0 Å². The van der Waals surface area contributed by atoms with E-state index in [9.17, 15) is 13.2 Å². The van der Waals surface area contributed by atoms with Crippen molar-refractivity contribution in [3.63, 3.8) is 0 Å². The molecule has 0 bridgehead atoms. The molecule has 0 aliphatic rings. The molecule has 0 radical (unpaired) electrons. The minimum atomic E-state index is -3.55. The van der Waals surface area contributed by atoms with Crippen molar-refractivity contribution in [2.24, 2.45) is 0 Å². The minimum absolute atomic E-state index is 0.104. The van der Waals surface area contributed by atoms with Crippen LogP contribution in [-0.4, -0.2) is 28.0 Å². The number of carbonyl (C=O) groups excluding carboxylic acids is 1. The molecule has 1 atom stereocenters. The van der Waals surface area contributed by atoms with Gasteiger partial charge in [0, 0.05) is 5.56 Å². The van der Waals surface area contributed by atoms with E-state index in [-0.39, 0.29) is 16.8 Å². The SMILES string of the molecule is CCOc1ccc(C(NC(=O)c2ccc(S(=O)(=O)NC)cc2)c2ccccc2)cc1. The van der Waals surface area contributed by atoms with Crippen LogP contribution in [0.15, 0.2) is 83.8 Å². The first-order chi connectivity index (χ1) is 14.4. The third-order valence-electron chi connectivity index (χ3n) is 4.63. The van der Waals surface area contributed by atoms with E-state index in [2.05, 4.69) is 10.0 Å². The molecule has 0 saturated carbocycles. The topological polar surface area (TPSA) is 84.5 Å². The molecule has 3 aromatic carbocycles. The molecule has 0 fully saturated rings. The summed E-state index contributed by atoms with van der Waals surface area (Å²) in [6.07, 6.45) is 0. The Morgan fingerprint density at radius 1 is 0.900 bits per heavy atom. The first-order valence-electron chi connectivity index (χ1n) is 9.57. The van der Waals surface area contributed by atoms with E-state index < -0.39 is 10.0 Å². The van der Waals surface area contributed by atoms with Gasteiger partial charge in [0.25, 0.3) is 5.91 Å². The quantitative estimate of drug-likeness (QED) is 0.580. The van der Waals surface area contributed by atoms with Crippen LogP contribution >= 0.6 is 0 Å². The lowest BCUT2D eigenvalue weighted by Gasteiger charge is -2.20. The normalized spacial score (nSPS) is 12.2. The Kier molecular flexibility index (Phi) is 6.87. The van der Waals surface area contributed by atoms with Crippen LogP contribution in [0.1, 0.15) is 34.5 Å². The zero-order valence-electron chi connectivity index (χ0n) is 16.8. The van der Waals surface area contributed by atoms with Crippen LogP contribution in [-0.2, 0) is 10.0 Å². The summed E-state index contributed by atoms with van der Waals surface area (Å²) in [5.41, 5.74) is 2.22. The Morgan fingerprint density at radius 2 is 1.50 bits per heavy atom. The highest BCUT2D eigenvalue weighted by atomic mass is 32.2. The third-order valence-corrected chi connectivity index (χ3v) is 6.06. The number of rotatable bonds is 8. The Bertz CT molecular complexity index is 1080. The van der Waals surface area contributed by atoms with Gasteiger partial charge >= 0.3 is 0 Å². The molecule has 0 saturated heterocycles. The minimum Gasteiger partial charge on any atom is -0.494 e. The highest BCUT2D eigenvalue weighted by Gasteiger charge is 2.19. The van der Waals surface area contributed by atoms with Gasteiger partial charge in [-0.3, -0.25) is 4.79 Å². The second kappa shape index (κ2) is 9.56. The first-order valence-corrected chi connectivity index (χ1v) is 11.0. The van der Waals surface area contributed by atoms with Gasteiger partial charge in [-0.05, 0) is 61.5 Å². The van der Waals surface area contributed by atoms with Gasteiger partial charge < -0.3 is 10.1 Å². The van der Waals surface area contributed by atoms with E-state index in [1.807, 2.05) is 61.5 Å². The molecule has 0 aromatic heterocycles. The van der Waals surface area contributed by atoms with Gasteiger partial charge in [-0.15, -0.1) is 0 Å². The lowest BCUT2D eigenvalue weighted by molar-refractivity contribution is 0.0943. The van der Waals surface area contributed by atoms with Crippen molar-refractivity contribution >= 4 is 15.9 Å². The van der Waals surface area contributed by atoms with Crippen LogP contribution in [0, 0.1) is 0 Å². The predicted molar refractivity (Wildman–Crippen MR) is 116 cm³/mol. The highest BCUT2D eigenvalue weighted by Crippen LogP contribution is 2.25. The van der Waals surface area contributed by atoms with Gasteiger partial charge in [0.15, 0.2) is 0 Å². The van der Waals surface area contributed by atoms with Crippen molar-refractivity contribution in [1.29, 1.82) is 0 Å². The monoisotopic (exact) mass is 424 g/mol. The van der Waals surface area contributed by atoms with Crippen molar-refractivity contribution in [2.45, 2.75) is 17.9 Å². The number of hydrogen-bond acceptors (Lipinski definition) is 4. The van der Waals surface area contributed by atoms with E-state index in [1.165, 1.54) is 31.3 Å². The molecule has 3 aromatic rings. The van der Waals surface area contributed by atoms with Gasteiger partial charge in [0.2, 0.25) is 10.0 Å². The van der Waals surface area contributed by atoms with E-state index in [0.717, 1.165) is 16.9 Å². The molecule has 0 heterocycles. The molecule has 1 unspecified atom stereocenters. The number of nitrogens with one attached hydrogen (secondary N) is 2. The van der Waals surface area contributed by atoms with E-state index in [4.69, 9.17) is 4.74 Å². The van der Waals surface area contributed by atoms with E-state index in [1.54, 1.807) is 0 Å². The molecule has 2 N–H and O–H groups in total. The van der Waals surface area contributed by atoms with Gasteiger partial charge in [-0.25, -0.2) is 13.1 Å². The van der Waals surface area contributed by atoms with Crippen molar-refractivity contribution in [3.05, 3.63) is 95.6 Å². The van der Waals surface area contributed by atoms with Gasteiger partial charge in [-0.1, -0.05) is 42.5 Å². The van der Waals surface area contributed by atoms with Crippen LogP contribution < -0.4 is 14.8 Å². The average Bonchev–Trinajstić information content (AvgIpc) is 2.79. The Labute approximate surface area is 177 Å². The van der Waals surface area contributed by atoms with Gasteiger partial charge in [-0.2, -0.15) is 0 Å². The molecule has 3 rings (SSSR count). The lowest BCUT2D eigenvalue weighted by Crippen LogP contribution is -2.29. The average molecular weight is 425 g/mol. The number of sulfonamides is 1. The fraction of sp³-hybridized carbons (Fsp3) is 0.174. The summed E-state index contributed by atoms with van der Waals surface area (Å²) < 4.78 is 31.5. The Hall–Kier alpha value is -3.16. The fourth-order valence-electron chi connectivity index (χ4n) is 3.05. The number of amides is 1. The molecule has 0 aliphatic heterocycles. The number of hydrogen-bond donors (Lipinski definition) is 2. The van der Waals surface area contributed by atoms with Crippen LogP contribution in [0.2, 0.25) is 0 Å². The Morgan fingerprint density at radius 3 is 2.07 bits per heavy atom. The number of benzene rings is 3. The van der Waals surface area contributed by atoms with E-state index >= 15 is 0 Å². The second-order valence-corrected chi connectivity index (χ2v) is 8.44. The molecular formula is C23H24N2O4S. The predicted octanol–water partition coefficient (Wildman–Crippen LogP) is 3.51. The van der Waals surface area contributed by atoms with Crippen molar-refractivity contribution in [2.75, 3.05) is 13.7 Å². The summed E-state index contributed by atoms with van der Waals surface area (Å²) in [6, 6.07) is 22.7. The maximum atomic E-state index is 12.9. The largest absolute Gasteiger partial charge is 0.494 e. The summed E-state index contributed by atoms with van der Waals surface area (Å²) in [4.78, 5) is 13.0. The first kappa shape index (κ1) is 21.5. The molecule has 6 nitrogen and oxygen atoms in total. The highest BCUT2D eigenvalue weighted by molar-refractivity contribution is 7.89. The fourth-order valence-corrected chi connectivity index (χ4v) is 3.78. The van der Waals surface area contributed by atoms with E-state index in [0.29, 0.717) is 12.2 Å². The zero-order valence-corrected chi connectivity index (χ0v) is 17.6. The van der Waals surface area contributed by atoms with Crippen molar-refractivity contribution < 1.29 is 17.9 Å². The smallest absolute Gasteiger partial charge is 0.252 e. The Balaban J connectivity index is 1.87. The third kappa shape index (κ3) is 5.06.